The van der Waals surface area contributed by atoms with Crippen molar-refractivity contribution in [1.29, 1.82) is 0 Å². The molecule has 0 atom stereocenters. The molecule has 5 aromatic rings. The number of hydrogen-bond acceptors (Lipinski definition) is 12. The molecule has 2 aliphatic rings. The van der Waals surface area contributed by atoms with Gasteiger partial charge in [0.05, 0.1) is 61.5 Å². The van der Waals surface area contributed by atoms with Gasteiger partial charge < -0.3 is 44.2 Å². The third kappa shape index (κ3) is 9.80. The maximum absolute atomic E-state index is 12.5. The van der Waals surface area contributed by atoms with Crippen molar-refractivity contribution in [2.45, 2.75) is 64.3 Å². The zero-order chi connectivity index (χ0) is 38.0. The summed E-state index contributed by atoms with van der Waals surface area (Å²) >= 11 is 0. The summed E-state index contributed by atoms with van der Waals surface area (Å²) in [5, 5.41) is 3.63. The Bertz CT molecular complexity index is 2120. The largest absolute Gasteiger partial charge is 0.496 e. The van der Waals surface area contributed by atoms with Gasteiger partial charge in [-0.05, 0) is 70.9 Å². The maximum Gasteiger partial charge on any atom is 0.251 e. The standard InChI is InChI=1S/C24H31N5O3.C16H22N4O2/c1-17-14-25-19(12-23(17)32-3)15-26-18-6-8-28(9-7-18)10-11-29-22-13-20(31-2)16-27-21(22)4-5-24(29)30;1-22-13-10-15-14(18-11-13)2-3-16(21)20(15)9-8-19-6-4-12(17)5-7-19/h4-5,12-14,16,18,26H,6-11,15H2,1-3H3;2-3,10-12H,4-9,17H2,1H3. The number of hydrogen-bond donors (Lipinski definition) is 2. The molecular weight excluding hydrogens is 686 g/mol. The number of rotatable bonds is 12. The molecule has 7 rings (SSSR count). The molecule has 0 bridgehead atoms. The molecule has 0 amide bonds. The molecule has 0 spiro atoms. The summed E-state index contributed by atoms with van der Waals surface area (Å²) in [5.41, 5.74) is 11.2. The predicted molar refractivity (Wildman–Crippen MR) is 211 cm³/mol. The number of fused-ring (bicyclic) bond motifs is 2. The lowest BCUT2D eigenvalue weighted by atomic mass is 10.0. The highest BCUT2D eigenvalue weighted by Gasteiger charge is 2.20. The summed E-state index contributed by atoms with van der Waals surface area (Å²) in [7, 11) is 4.90. The van der Waals surface area contributed by atoms with E-state index in [1.54, 1.807) is 67.1 Å². The van der Waals surface area contributed by atoms with Gasteiger partial charge in [-0.25, -0.2) is 0 Å². The van der Waals surface area contributed by atoms with Gasteiger partial charge in [-0.15, -0.1) is 0 Å². The van der Waals surface area contributed by atoms with Crippen LogP contribution in [0.3, 0.4) is 0 Å². The van der Waals surface area contributed by atoms with Crippen LogP contribution in [0.5, 0.6) is 17.2 Å². The van der Waals surface area contributed by atoms with Crippen LogP contribution in [-0.4, -0.2) is 107 Å². The molecule has 0 aliphatic carbocycles. The van der Waals surface area contributed by atoms with Crippen molar-refractivity contribution in [1.82, 2.24) is 39.2 Å². The number of aryl methyl sites for hydroxylation is 1. The number of nitrogens with one attached hydrogen (secondary N) is 1. The highest BCUT2D eigenvalue weighted by Crippen LogP contribution is 2.20. The lowest BCUT2D eigenvalue weighted by Crippen LogP contribution is -2.43. The fraction of sp³-hybridized carbons (Fsp3) is 0.475. The van der Waals surface area contributed by atoms with Gasteiger partial charge in [0.15, 0.2) is 0 Å². The molecule has 2 fully saturated rings. The van der Waals surface area contributed by atoms with Crippen molar-refractivity contribution >= 4 is 22.1 Å². The number of nitrogens with zero attached hydrogens (tertiary/aromatic N) is 7. The van der Waals surface area contributed by atoms with Gasteiger partial charge in [-0.2, -0.15) is 0 Å². The van der Waals surface area contributed by atoms with E-state index in [9.17, 15) is 9.59 Å². The van der Waals surface area contributed by atoms with Gasteiger partial charge in [0, 0.05) is 86.9 Å². The maximum atomic E-state index is 12.5. The van der Waals surface area contributed by atoms with Gasteiger partial charge in [0.1, 0.15) is 17.2 Å². The summed E-state index contributed by atoms with van der Waals surface area (Å²) in [6, 6.07) is 13.2. The van der Waals surface area contributed by atoms with Gasteiger partial charge in [0.2, 0.25) is 0 Å². The van der Waals surface area contributed by atoms with E-state index in [0.717, 1.165) is 111 Å². The van der Waals surface area contributed by atoms with E-state index < -0.39 is 0 Å². The second kappa shape index (κ2) is 18.4. The Morgan fingerprint density at radius 2 is 1.20 bits per heavy atom. The molecule has 0 aromatic carbocycles. The fourth-order valence-corrected chi connectivity index (χ4v) is 7.11. The van der Waals surface area contributed by atoms with Crippen LogP contribution >= 0.6 is 0 Å². The van der Waals surface area contributed by atoms with Crippen molar-refractivity contribution < 1.29 is 14.2 Å². The molecule has 288 valence electrons. The summed E-state index contributed by atoms with van der Waals surface area (Å²) in [6.07, 6.45) is 9.41. The average Bonchev–Trinajstić information content (AvgIpc) is 3.20. The van der Waals surface area contributed by atoms with Crippen LogP contribution < -0.4 is 36.4 Å². The molecule has 14 nitrogen and oxygen atoms in total. The third-order valence-corrected chi connectivity index (χ3v) is 10.5. The van der Waals surface area contributed by atoms with E-state index in [-0.39, 0.29) is 11.1 Å². The number of aromatic nitrogens is 5. The normalized spacial score (nSPS) is 15.9. The average molecular weight is 740 g/mol. The molecule has 2 aliphatic heterocycles. The number of pyridine rings is 5. The Labute approximate surface area is 315 Å². The van der Waals surface area contributed by atoms with Crippen molar-refractivity contribution in [2.24, 2.45) is 5.73 Å². The molecule has 3 N–H and O–H groups in total. The molecule has 0 saturated carbocycles. The number of nitrogens with two attached hydrogens (primary N) is 1. The van der Waals surface area contributed by atoms with Crippen LogP contribution in [0.2, 0.25) is 0 Å². The first-order valence-corrected chi connectivity index (χ1v) is 18.7. The van der Waals surface area contributed by atoms with Crippen molar-refractivity contribution in [3.8, 4) is 17.2 Å². The van der Waals surface area contributed by atoms with E-state index in [0.29, 0.717) is 36.7 Å². The summed E-state index contributed by atoms with van der Waals surface area (Å²) in [4.78, 5) is 42.7. The molecule has 5 aromatic heterocycles. The molecule has 54 heavy (non-hydrogen) atoms. The monoisotopic (exact) mass is 739 g/mol. The quantitative estimate of drug-likeness (QED) is 0.193. The highest BCUT2D eigenvalue weighted by atomic mass is 16.5. The van der Waals surface area contributed by atoms with Crippen LogP contribution in [0, 0.1) is 6.92 Å². The Kier molecular flexibility index (Phi) is 13.3. The molecule has 2 saturated heterocycles. The van der Waals surface area contributed by atoms with E-state index in [2.05, 4.69) is 30.1 Å². The summed E-state index contributed by atoms with van der Waals surface area (Å²) in [5.74, 6) is 2.20. The number of piperidine rings is 2. The van der Waals surface area contributed by atoms with Crippen LogP contribution in [0.4, 0.5) is 0 Å². The number of ether oxygens (including phenoxy) is 3. The summed E-state index contributed by atoms with van der Waals surface area (Å²) in [6.45, 7) is 9.72. The van der Waals surface area contributed by atoms with Crippen LogP contribution in [0.25, 0.3) is 22.1 Å². The minimum absolute atomic E-state index is 0.00346. The predicted octanol–water partition coefficient (Wildman–Crippen LogP) is 3.20. The van der Waals surface area contributed by atoms with Crippen LogP contribution in [-0.2, 0) is 19.6 Å². The van der Waals surface area contributed by atoms with E-state index in [1.165, 1.54) is 0 Å². The molecule has 14 heteroatoms. The first-order valence-electron chi connectivity index (χ1n) is 18.7. The summed E-state index contributed by atoms with van der Waals surface area (Å²) < 4.78 is 19.5. The Balaban J connectivity index is 0.000000197. The topological polar surface area (TPSA) is 155 Å². The molecule has 0 radical (unpaired) electrons. The number of methoxy groups -OCH3 is 3. The van der Waals surface area contributed by atoms with E-state index in [4.69, 9.17) is 19.9 Å². The number of likely N-dealkylation sites (tertiary alicyclic amines) is 2. The second-order valence-electron chi connectivity index (χ2n) is 14.0. The molecular formula is C40H53N9O5. The molecule has 0 unspecified atom stereocenters. The molecule has 7 heterocycles. The van der Waals surface area contributed by atoms with Gasteiger partial charge in [-0.3, -0.25) is 24.5 Å². The van der Waals surface area contributed by atoms with Gasteiger partial charge in [-0.1, -0.05) is 0 Å². The first-order chi connectivity index (χ1) is 26.2. The Hall–Kier alpha value is -4.89. The zero-order valence-corrected chi connectivity index (χ0v) is 31.9. The van der Waals surface area contributed by atoms with Crippen molar-refractivity contribution in [3.63, 3.8) is 0 Å². The van der Waals surface area contributed by atoms with Crippen molar-refractivity contribution in [2.75, 3.05) is 60.6 Å². The minimum Gasteiger partial charge on any atom is -0.496 e. The second-order valence-corrected chi connectivity index (χ2v) is 14.0. The zero-order valence-electron chi connectivity index (χ0n) is 31.9. The Morgan fingerprint density at radius 3 is 1.70 bits per heavy atom. The third-order valence-electron chi connectivity index (χ3n) is 10.5. The first kappa shape index (κ1) is 38.8. The fourth-order valence-electron chi connectivity index (χ4n) is 7.11. The smallest absolute Gasteiger partial charge is 0.251 e. The van der Waals surface area contributed by atoms with E-state index in [1.807, 2.05) is 31.3 Å². The highest BCUT2D eigenvalue weighted by molar-refractivity contribution is 5.76. The van der Waals surface area contributed by atoms with Crippen LogP contribution in [0.1, 0.15) is 36.9 Å². The Morgan fingerprint density at radius 1 is 0.685 bits per heavy atom. The lowest BCUT2D eigenvalue weighted by Gasteiger charge is -2.32. The van der Waals surface area contributed by atoms with Crippen LogP contribution in [0.15, 0.2) is 70.6 Å². The minimum atomic E-state index is -0.00914. The van der Waals surface area contributed by atoms with Gasteiger partial charge in [0.25, 0.3) is 11.1 Å². The SMILES string of the molecule is COc1cnc2ccc(=O)n(CCN3CCC(N)CC3)c2c1.COc1cnc2ccc(=O)n(CCN3CCC(NCc4cc(OC)c(C)cn4)CC3)c2c1. The van der Waals surface area contributed by atoms with Crippen molar-refractivity contribution in [3.05, 3.63) is 93.0 Å². The lowest BCUT2D eigenvalue weighted by molar-refractivity contribution is 0.191. The van der Waals surface area contributed by atoms with E-state index >= 15 is 0 Å². The van der Waals surface area contributed by atoms with Gasteiger partial charge >= 0.3 is 0 Å².